The lowest BCUT2D eigenvalue weighted by Gasteiger charge is -2.21. The Kier molecular flexibility index (Phi) is 10.3. The minimum absolute atomic E-state index is 0. The third-order valence-corrected chi connectivity index (χ3v) is 3.17. The molecule has 0 fully saturated rings. The summed E-state index contributed by atoms with van der Waals surface area (Å²) in [6, 6.07) is 12.0. The summed E-state index contributed by atoms with van der Waals surface area (Å²) < 4.78 is 0. The topological polar surface area (TPSA) is 75.0 Å². The Morgan fingerprint density at radius 3 is 2.45 bits per heavy atom. The van der Waals surface area contributed by atoms with E-state index in [-0.39, 0.29) is 30.7 Å². The number of halogens is 2. The number of carbonyl (C=O) groups is 1. The van der Waals surface area contributed by atoms with Crippen molar-refractivity contribution in [1.82, 2.24) is 15.1 Å². The Morgan fingerprint density at radius 2 is 1.86 bits per heavy atom. The van der Waals surface area contributed by atoms with Gasteiger partial charge in [-0.15, -0.1) is 24.8 Å². The summed E-state index contributed by atoms with van der Waals surface area (Å²) in [6.07, 6.45) is 2.84. The molecule has 0 unspecified atom stereocenters. The fourth-order valence-corrected chi connectivity index (χ4v) is 2.08. The van der Waals surface area contributed by atoms with Crippen molar-refractivity contribution in [3.8, 4) is 0 Å². The van der Waals surface area contributed by atoms with Gasteiger partial charge in [0, 0.05) is 31.5 Å². The lowest BCUT2D eigenvalue weighted by Crippen LogP contribution is -2.37. The van der Waals surface area contributed by atoms with E-state index in [0.29, 0.717) is 26.1 Å². The summed E-state index contributed by atoms with van der Waals surface area (Å²) in [5, 5.41) is 6.66. The molecule has 2 aromatic rings. The minimum Gasteiger partial charge on any atom is -0.341 e. The first-order valence-electron chi connectivity index (χ1n) is 6.79. The lowest BCUT2D eigenvalue weighted by atomic mass is 10.1. The predicted octanol–water partition coefficient (Wildman–Crippen LogP) is 1.83. The number of hydrogen-bond donors (Lipinski definition) is 2. The van der Waals surface area contributed by atoms with E-state index in [9.17, 15) is 4.79 Å². The van der Waals surface area contributed by atoms with Crippen LogP contribution in [0.4, 0.5) is 0 Å². The zero-order valence-corrected chi connectivity index (χ0v) is 13.9. The van der Waals surface area contributed by atoms with Crippen LogP contribution in [0.3, 0.4) is 0 Å². The van der Waals surface area contributed by atoms with Crippen molar-refractivity contribution in [2.45, 2.75) is 12.8 Å². The summed E-state index contributed by atoms with van der Waals surface area (Å²) >= 11 is 0. The number of rotatable bonds is 7. The number of nitrogens with zero attached hydrogens (tertiary/aromatic N) is 2. The number of nitrogens with one attached hydrogen (secondary N) is 1. The smallest absolute Gasteiger partial charge is 0.228 e. The van der Waals surface area contributed by atoms with E-state index >= 15 is 0 Å². The van der Waals surface area contributed by atoms with Gasteiger partial charge in [-0.05, 0) is 18.1 Å². The third kappa shape index (κ3) is 6.47. The second-order valence-electron chi connectivity index (χ2n) is 4.66. The first kappa shape index (κ1) is 20.4. The first-order chi connectivity index (χ1) is 9.79. The number of benzene rings is 1. The van der Waals surface area contributed by atoms with Gasteiger partial charge in [0.2, 0.25) is 5.91 Å². The number of aromatic amines is 1. The number of nitrogens with two attached hydrogens (primary N) is 1. The molecule has 1 heterocycles. The average molecular weight is 345 g/mol. The van der Waals surface area contributed by atoms with E-state index in [0.717, 1.165) is 12.1 Å². The zero-order valence-electron chi connectivity index (χ0n) is 12.3. The number of carbonyl (C=O) groups excluding carboxylic acids is 1. The molecule has 0 atom stereocenters. The van der Waals surface area contributed by atoms with E-state index in [1.54, 1.807) is 6.20 Å². The van der Waals surface area contributed by atoms with Gasteiger partial charge in [-0.3, -0.25) is 9.89 Å². The van der Waals surface area contributed by atoms with Crippen molar-refractivity contribution in [2.75, 3.05) is 19.6 Å². The molecule has 0 bridgehead atoms. The summed E-state index contributed by atoms with van der Waals surface area (Å²) in [6.45, 7) is 1.75. The normalized spacial score (nSPS) is 9.50. The molecule has 0 aliphatic heterocycles. The highest BCUT2D eigenvalue weighted by Gasteiger charge is 2.13. The molecule has 0 aliphatic rings. The van der Waals surface area contributed by atoms with Crippen LogP contribution in [-0.4, -0.2) is 40.6 Å². The molecule has 122 valence electrons. The Hall–Kier alpha value is -1.56. The van der Waals surface area contributed by atoms with Crippen molar-refractivity contribution < 1.29 is 4.79 Å². The molecule has 0 spiro atoms. The van der Waals surface area contributed by atoms with Crippen LogP contribution < -0.4 is 5.73 Å². The molecule has 0 aliphatic carbocycles. The molecule has 0 saturated carbocycles. The van der Waals surface area contributed by atoms with Gasteiger partial charge in [0.25, 0.3) is 0 Å². The Morgan fingerprint density at radius 1 is 1.14 bits per heavy atom. The zero-order chi connectivity index (χ0) is 14.2. The summed E-state index contributed by atoms with van der Waals surface area (Å²) in [5.41, 5.74) is 7.65. The second-order valence-corrected chi connectivity index (χ2v) is 4.66. The number of hydrogen-bond acceptors (Lipinski definition) is 3. The monoisotopic (exact) mass is 344 g/mol. The molecular weight excluding hydrogens is 323 g/mol. The molecule has 3 N–H and O–H groups in total. The van der Waals surface area contributed by atoms with Crippen LogP contribution in [0.1, 0.15) is 11.3 Å². The van der Waals surface area contributed by atoms with Gasteiger partial charge in [-0.2, -0.15) is 5.10 Å². The van der Waals surface area contributed by atoms with E-state index in [2.05, 4.69) is 22.3 Å². The van der Waals surface area contributed by atoms with Gasteiger partial charge < -0.3 is 10.6 Å². The summed E-state index contributed by atoms with van der Waals surface area (Å²) in [4.78, 5) is 14.1. The van der Waals surface area contributed by atoms with Crippen molar-refractivity contribution in [3.63, 3.8) is 0 Å². The van der Waals surface area contributed by atoms with Gasteiger partial charge >= 0.3 is 0 Å². The standard InChI is InChI=1S/C15H20N4O.2ClH/c16-8-11-19(10-7-13-4-2-1-3-5-13)15(20)12-14-6-9-17-18-14;;/h1-6,9H,7-8,10-12,16H2,(H,17,18);2*1H. The van der Waals surface area contributed by atoms with Crippen molar-refractivity contribution in [2.24, 2.45) is 5.73 Å². The maximum absolute atomic E-state index is 12.2. The van der Waals surface area contributed by atoms with E-state index in [1.807, 2.05) is 29.2 Å². The summed E-state index contributed by atoms with van der Waals surface area (Å²) in [7, 11) is 0. The molecule has 5 nitrogen and oxygen atoms in total. The average Bonchev–Trinajstić information content (AvgIpc) is 2.97. The van der Waals surface area contributed by atoms with Gasteiger partial charge in [0.1, 0.15) is 0 Å². The first-order valence-corrected chi connectivity index (χ1v) is 6.79. The number of amides is 1. The highest BCUT2D eigenvalue weighted by molar-refractivity contribution is 5.85. The fourth-order valence-electron chi connectivity index (χ4n) is 2.08. The fraction of sp³-hybridized carbons (Fsp3) is 0.333. The van der Waals surface area contributed by atoms with E-state index in [4.69, 9.17) is 5.73 Å². The van der Waals surface area contributed by atoms with Crippen LogP contribution in [0.15, 0.2) is 42.6 Å². The summed E-state index contributed by atoms with van der Waals surface area (Å²) in [5.74, 6) is 0.0793. The van der Waals surface area contributed by atoms with Crippen molar-refractivity contribution in [3.05, 3.63) is 53.9 Å². The van der Waals surface area contributed by atoms with E-state index in [1.165, 1.54) is 5.56 Å². The molecular formula is C15H22Cl2N4O. The van der Waals surface area contributed by atoms with Gasteiger partial charge in [0.05, 0.1) is 6.42 Å². The quantitative estimate of drug-likeness (QED) is 0.804. The van der Waals surface area contributed by atoms with Gasteiger partial charge in [0.15, 0.2) is 0 Å². The number of H-pyrrole nitrogens is 1. The lowest BCUT2D eigenvalue weighted by molar-refractivity contribution is -0.130. The molecule has 1 aromatic carbocycles. The molecule has 2 rings (SSSR count). The molecule has 1 aromatic heterocycles. The maximum atomic E-state index is 12.2. The van der Waals surface area contributed by atoms with Gasteiger partial charge in [-0.25, -0.2) is 0 Å². The maximum Gasteiger partial charge on any atom is 0.228 e. The van der Waals surface area contributed by atoms with Crippen molar-refractivity contribution in [1.29, 1.82) is 0 Å². The SMILES string of the molecule is Cl.Cl.NCCN(CCc1ccccc1)C(=O)Cc1ccn[nH]1. The number of aromatic nitrogens is 2. The Labute approximate surface area is 143 Å². The van der Waals surface area contributed by atoms with Crippen LogP contribution in [0.5, 0.6) is 0 Å². The van der Waals surface area contributed by atoms with Gasteiger partial charge in [-0.1, -0.05) is 30.3 Å². The molecule has 0 radical (unpaired) electrons. The van der Waals surface area contributed by atoms with Crippen LogP contribution in [0, 0.1) is 0 Å². The van der Waals surface area contributed by atoms with E-state index < -0.39 is 0 Å². The molecule has 7 heteroatoms. The van der Waals surface area contributed by atoms with Crippen LogP contribution in [-0.2, 0) is 17.6 Å². The highest BCUT2D eigenvalue weighted by atomic mass is 35.5. The third-order valence-electron chi connectivity index (χ3n) is 3.17. The largest absolute Gasteiger partial charge is 0.341 e. The van der Waals surface area contributed by atoms with Crippen LogP contribution in [0.2, 0.25) is 0 Å². The van der Waals surface area contributed by atoms with Crippen LogP contribution in [0.25, 0.3) is 0 Å². The Bertz CT molecular complexity index is 520. The molecule has 1 amide bonds. The highest BCUT2D eigenvalue weighted by Crippen LogP contribution is 2.04. The van der Waals surface area contributed by atoms with Crippen LogP contribution >= 0.6 is 24.8 Å². The molecule has 22 heavy (non-hydrogen) atoms. The van der Waals surface area contributed by atoms with Crippen molar-refractivity contribution >= 4 is 30.7 Å². The second kappa shape index (κ2) is 11.1. The minimum atomic E-state index is 0. The predicted molar refractivity (Wildman–Crippen MR) is 92.6 cm³/mol. The Balaban J connectivity index is 0.00000220. The molecule has 0 saturated heterocycles.